The summed E-state index contributed by atoms with van der Waals surface area (Å²) in [6.45, 7) is 17.1. The third kappa shape index (κ3) is 64.3. The van der Waals surface area contributed by atoms with Crippen LogP contribution in [0.25, 0.3) is 0 Å². The summed E-state index contributed by atoms with van der Waals surface area (Å²) in [6, 6.07) is 0. The van der Waals surface area contributed by atoms with Gasteiger partial charge in [0.15, 0.2) is 0 Å². The zero-order chi connectivity index (χ0) is 39.4. The highest BCUT2D eigenvalue weighted by atomic mass is 28.4. The summed E-state index contributed by atoms with van der Waals surface area (Å²) in [6.07, 6.45) is 29.7. The molecule has 0 amide bonds. The van der Waals surface area contributed by atoms with Crippen molar-refractivity contribution >= 4 is 43.6 Å². The molecule has 0 saturated carbocycles. The largest absolute Gasteiger partial charge is 0.495 e. The van der Waals surface area contributed by atoms with Gasteiger partial charge in [-0.2, -0.15) is 0 Å². The summed E-state index contributed by atoms with van der Waals surface area (Å²) in [4.78, 5) is 33.5. The van der Waals surface area contributed by atoms with Crippen molar-refractivity contribution in [1.29, 1.82) is 0 Å². The van der Waals surface area contributed by atoms with Crippen LogP contribution in [0, 0.1) is 0 Å². The van der Waals surface area contributed by atoms with E-state index in [2.05, 4.69) is 13.8 Å². The Morgan fingerprint density at radius 3 is 0.719 bits per heavy atom. The molecule has 0 saturated heterocycles. The van der Waals surface area contributed by atoms with Crippen molar-refractivity contribution in [2.45, 2.75) is 259 Å². The Bertz CT molecular complexity index is 826. The minimum atomic E-state index is -2.20. The first-order valence-electron chi connectivity index (χ1n) is 20.3. The molecule has 12 heteroatoms. The lowest BCUT2D eigenvalue weighted by molar-refractivity contribution is -0.137. The van der Waals surface area contributed by atoms with Crippen LogP contribution in [0.2, 0.25) is 39.3 Å². The molecule has 0 N–H and O–H groups in total. The van der Waals surface area contributed by atoms with Crippen molar-refractivity contribution in [1.82, 2.24) is 0 Å². The van der Waals surface area contributed by atoms with E-state index in [0.717, 1.165) is 25.7 Å². The second-order valence-corrected chi connectivity index (χ2v) is 25.2. The first-order chi connectivity index (χ1) is 24.0. The van der Waals surface area contributed by atoms with Crippen LogP contribution in [-0.2, 0) is 40.9 Å². The van der Waals surface area contributed by atoms with Crippen molar-refractivity contribution in [3.63, 3.8) is 0 Å². The number of rotatable bonds is 30. The highest BCUT2D eigenvalue weighted by Crippen LogP contribution is 2.15. The van der Waals surface area contributed by atoms with Crippen LogP contribution in [0.5, 0.6) is 0 Å². The van der Waals surface area contributed by atoms with Crippen molar-refractivity contribution in [3.05, 3.63) is 0 Å². The lowest BCUT2D eigenvalue weighted by Crippen LogP contribution is -2.35. The zero-order valence-corrected chi connectivity index (χ0v) is 38.6. The summed E-state index contributed by atoms with van der Waals surface area (Å²) < 4.78 is 30.9. The Balaban J connectivity index is -0.0000000903. The molecule has 0 spiro atoms. The Morgan fingerprint density at radius 2 is 0.544 bits per heavy atom. The molecule has 0 unspecified atom stereocenters. The van der Waals surface area contributed by atoms with Gasteiger partial charge in [0, 0.05) is 41.1 Å². The normalized spacial score (nSPS) is 10.3. The lowest BCUT2D eigenvalue weighted by atomic mass is 10.0. The molecule has 0 aromatic carbocycles. The first-order valence-corrected chi connectivity index (χ1v) is 28.7. The summed E-state index contributed by atoms with van der Waals surface area (Å²) in [5.41, 5.74) is 0. The molecule has 57 heavy (non-hydrogen) atoms. The van der Waals surface area contributed by atoms with Crippen LogP contribution in [0.1, 0.15) is 219 Å². The molecular formula is C45H108O9Si3. The van der Waals surface area contributed by atoms with Crippen molar-refractivity contribution < 1.29 is 40.9 Å². The van der Waals surface area contributed by atoms with Gasteiger partial charge in [0.1, 0.15) is 0 Å². The summed E-state index contributed by atoms with van der Waals surface area (Å²) in [7, 11) is -1.69. The minimum Gasteiger partial charge on any atom is -0.495 e. The molecule has 9 nitrogen and oxygen atoms in total. The smallest absolute Gasteiger partial charge is 0.394 e. The third-order valence-electron chi connectivity index (χ3n) is 8.55. The monoisotopic (exact) mass is 877 g/mol. The number of carbonyl (C=O) groups is 3. The second-order valence-electron chi connectivity index (χ2n) is 14.9. The van der Waals surface area contributed by atoms with Crippen LogP contribution in [0.3, 0.4) is 0 Å². The topological polar surface area (TPSA) is 107 Å². The fraction of sp³-hybridized carbons (Fsp3) is 0.933. The van der Waals surface area contributed by atoms with E-state index < -0.39 is 25.7 Å². The molecule has 0 aliphatic carbocycles. The standard InChI is InChI=1S/C21H44O3Si.C13H28O3Si.C5H12O3Si.6CH4/c1-5-6-7-8-9-10-11-12-13-14-15-16-17-18-19-20-21(22)24-25(3,4)23-2;1-5-6-7-8-9-10-11-12-13(14)16-17(3,4)15-2;1-5(6)8-9(3,4)7-2;;;;;;/h5-20H2,1-4H3;5-12H2,1-4H3;1-4H3;6*1H4. The predicted molar refractivity (Wildman–Crippen MR) is 260 cm³/mol. The van der Waals surface area contributed by atoms with Gasteiger partial charge in [0.05, 0.1) is 0 Å². The van der Waals surface area contributed by atoms with Gasteiger partial charge in [-0.1, -0.05) is 187 Å². The average molecular weight is 878 g/mol. The molecule has 0 aliphatic heterocycles. The highest BCUT2D eigenvalue weighted by Gasteiger charge is 2.28. The zero-order valence-electron chi connectivity index (χ0n) is 35.6. The minimum absolute atomic E-state index is 0. The summed E-state index contributed by atoms with van der Waals surface area (Å²) >= 11 is 0. The SMILES string of the molecule is C.C.C.C.C.C.CCCCCCCCCC(=O)O[Si](C)(C)OC.CCCCCCCCCCCCCCCCCC(=O)O[Si](C)(C)OC.CO[Si](C)(C)OC(C)=O. The number of unbranched alkanes of at least 4 members (excludes halogenated alkanes) is 20. The fourth-order valence-electron chi connectivity index (χ4n) is 4.99. The van der Waals surface area contributed by atoms with Crippen LogP contribution < -0.4 is 0 Å². The van der Waals surface area contributed by atoms with E-state index in [1.165, 1.54) is 122 Å². The number of hydrogen-bond donors (Lipinski definition) is 0. The van der Waals surface area contributed by atoms with E-state index in [9.17, 15) is 14.4 Å². The second kappa shape index (κ2) is 51.1. The van der Waals surface area contributed by atoms with Gasteiger partial charge in [-0.05, 0) is 52.1 Å². The molecule has 0 heterocycles. The van der Waals surface area contributed by atoms with Crippen molar-refractivity contribution in [2.24, 2.45) is 0 Å². The lowest BCUT2D eigenvalue weighted by Gasteiger charge is -2.19. The molecule has 0 atom stereocenters. The van der Waals surface area contributed by atoms with Gasteiger partial charge in [-0.25, -0.2) is 0 Å². The Hall–Kier alpha value is -1.06. The van der Waals surface area contributed by atoms with E-state index in [1.807, 2.05) is 39.3 Å². The Labute approximate surface area is 363 Å². The van der Waals surface area contributed by atoms with Crippen LogP contribution in [0.4, 0.5) is 0 Å². The van der Waals surface area contributed by atoms with Crippen LogP contribution >= 0.6 is 0 Å². The van der Waals surface area contributed by atoms with E-state index in [0.29, 0.717) is 12.8 Å². The summed E-state index contributed by atoms with van der Waals surface area (Å²) in [5, 5.41) is 0. The van der Waals surface area contributed by atoms with E-state index in [-0.39, 0.29) is 62.5 Å². The maximum atomic E-state index is 11.7. The highest BCUT2D eigenvalue weighted by molar-refractivity contribution is 6.66. The maximum absolute atomic E-state index is 11.7. The van der Waals surface area contributed by atoms with Gasteiger partial charge in [-0.15, -0.1) is 0 Å². The Morgan fingerprint density at radius 1 is 0.351 bits per heavy atom. The molecule has 354 valence electrons. The van der Waals surface area contributed by atoms with E-state index in [1.54, 1.807) is 21.3 Å². The van der Waals surface area contributed by atoms with Gasteiger partial charge in [-0.3, -0.25) is 14.4 Å². The Kier molecular flexibility index (Phi) is 68.7. The molecule has 0 fully saturated rings. The molecule has 0 aromatic rings. The van der Waals surface area contributed by atoms with E-state index >= 15 is 0 Å². The van der Waals surface area contributed by atoms with Gasteiger partial charge >= 0.3 is 25.7 Å². The molecular weight excluding hydrogens is 769 g/mol. The maximum Gasteiger partial charge on any atom is 0.394 e. The number of hydrogen-bond acceptors (Lipinski definition) is 9. The van der Waals surface area contributed by atoms with Crippen LogP contribution in [0.15, 0.2) is 0 Å². The average Bonchev–Trinajstić information content (AvgIpc) is 3.05. The third-order valence-corrected chi connectivity index (χ3v) is 13.7. The number of carbonyl (C=O) groups excluding carboxylic acids is 3. The van der Waals surface area contributed by atoms with E-state index in [4.69, 9.17) is 26.6 Å². The first kappa shape index (κ1) is 76.6. The quantitative estimate of drug-likeness (QED) is 0.0515. The van der Waals surface area contributed by atoms with Crippen molar-refractivity contribution in [2.75, 3.05) is 21.3 Å². The molecule has 0 aromatic heterocycles. The van der Waals surface area contributed by atoms with Gasteiger partial charge in [0.25, 0.3) is 17.9 Å². The van der Waals surface area contributed by atoms with Gasteiger partial charge < -0.3 is 26.6 Å². The predicted octanol–water partition coefficient (Wildman–Crippen LogP) is 15.9. The fourth-order valence-corrected chi connectivity index (χ4v) is 7.23. The summed E-state index contributed by atoms with van der Waals surface area (Å²) in [5.74, 6) is -0.459. The molecule has 0 rings (SSSR count). The molecule has 0 aliphatic rings. The van der Waals surface area contributed by atoms with Crippen LogP contribution in [-0.4, -0.2) is 64.9 Å². The molecule has 0 bridgehead atoms. The molecule has 0 radical (unpaired) electrons. The van der Waals surface area contributed by atoms with Crippen molar-refractivity contribution in [3.8, 4) is 0 Å². The van der Waals surface area contributed by atoms with Gasteiger partial charge in [0.2, 0.25) is 0 Å².